The predicted octanol–water partition coefficient (Wildman–Crippen LogP) is 3.88. The van der Waals surface area contributed by atoms with Gasteiger partial charge in [-0.1, -0.05) is 30.3 Å². The molecular weight excluding hydrogens is 378 g/mol. The summed E-state index contributed by atoms with van der Waals surface area (Å²) in [6, 6.07) is 9.92. The number of amides is 1. The van der Waals surface area contributed by atoms with Crippen molar-refractivity contribution in [3.63, 3.8) is 0 Å². The summed E-state index contributed by atoms with van der Waals surface area (Å²) in [5.74, 6) is 1.17. The van der Waals surface area contributed by atoms with Gasteiger partial charge in [0.05, 0.1) is 16.4 Å². The standard InChI is InChI=1S/C20H23N3O2S2/c1-12-13(2)27-19-17(12)18(24)21-16(22-19)11-26-14(3)20(25)23(4)10-15-8-6-5-7-9-15/h5-9,14H,10-11H2,1-4H3,(H,21,22,24). The van der Waals surface area contributed by atoms with Gasteiger partial charge in [-0.05, 0) is 31.9 Å². The van der Waals surface area contributed by atoms with Crippen LogP contribution in [0.3, 0.4) is 0 Å². The molecule has 0 fully saturated rings. The molecule has 0 saturated heterocycles. The minimum absolute atomic E-state index is 0.0649. The van der Waals surface area contributed by atoms with Crippen LogP contribution in [0.4, 0.5) is 0 Å². The van der Waals surface area contributed by atoms with Crippen molar-refractivity contribution in [2.24, 2.45) is 0 Å². The highest BCUT2D eigenvalue weighted by Gasteiger charge is 2.19. The number of aryl methyl sites for hydroxylation is 2. The summed E-state index contributed by atoms with van der Waals surface area (Å²) >= 11 is 3.02. The van der Waals surface area contributed by atoms with E-state index in [0.717, 1.165) is 20.8 Å². The van der Waals surface area contributed by atoms with Gasteiger partial charge in [0, 0.05) is 18.5 Å². The first-order valence-electron chi connectivity index (χ1n) is 8.76. The fourth-order valence-corrected chi connectivity index (χ4v) is 4.80. The lowest BCUT2D eigenvalue weighted by Crippen LogP contribution is -2.32. The highest BCUT2D eigenvalue weighted by atomic mass is 32.2. The Hall–Kier alpha value is -2.12. The smallest absolute Gasteiger partial charge is 0.259 e. The first-order chi connectivity index (χ1) is 12.9. The number of thioether (sulfide) groups is 1. The Kier molecular flexibility index (Phi) is 6.01. The molecule has 0 aliphatic rings. The zero-order chi connectivity index (χ0) is 19.6. The SMILES string of the molecule is Cc1sc2nc(CSC(C)C(=O)N(C)Cc3ccccc3)[nH]c(=O)c2c1C. The molecule has 3 aromatic rings. The van der Waals surface area contributed by atoms with E-state index in [0.29, 0.717) is 23.5 Å². The number of fused-ring (bicyclic) bond motifs is 1. The third kappa shape index (κ3) is 4.42. The average Bonchev–Trinajstić information content (AvgIpc) is 2.94. The summed E-state index contributed by atoms with van der Waals surface area (Å²) in [6.45, 7) is 6.42. The van der Waals surface area contributed by atoms with Crippen molar-refractivity contribution in [3.8, 4) is 0 Å². The number of nitrogens with zero attached hydrogens (tertiary/aromatic N) is 2. The second-order valence-corrected chi connectivity index (χ2v) is 9.14. The van der Waals surface area contributed by atoms with E-state index in [1.807, 2.05) is 58.2 Å². The molecule has 0 aliphatic heterocycles. The summed E-state index contributed by atoms with van der Waals surface area (Å²) in [6.07, 6.45) is 0. The first kappa shape index (κ1) is 19.6. The van der Waals surface area contributed by atoms with Gasteiger partial charge in [0.1, 0.15) is 10.7 Å². The van der Waals surface area contributed by atoms with Crippen molar-refractivity contribution in [1.82, 2.24) is 14.9 Å². The van der Waals surface area contributed by atoms with Crippen LogP contribution in [0.25, 0.3) is 10.2 Å². The maximum absolute atomic E-state index is 12.6. The van der Waals surface area contributed by atoms with Crippen LogP contribution in [0.1, 0.15) is 28.8 Å². The molecule has 0 radical (unpaired) electrons. The minimum Gasteiger partial charge on any atom is -0.340 e. The van der Waals surface area contributed by atoms with Gasteiger partial charge in [-0.25, -0.2) is 4.98 Å². The molecule has 5 nitrogen and oxygen atoms in total. The molecule has 2 heterocycles. The summed E-state index contributed by atoms with van der Waals surface area (Å²) in [5.41, 5.74) is 2.00. The number of thiophene rings is 1. The van der Waals surface area contributed by atoms with E-state index in [-0.39, 0.29) is 16.7 Å². The molecule has 0 spiro atoms. The van der Waals surface area contributed by atoms with E-state index < -0.39 is 0 Å². The zero-order valence-corrected chi connectivity index (χ0v) is 17.5. The van der Waals surface area contributed by atoms with Crippen LogP contribution in [0, 0.1) is 13.8 Å². The van der Waals surface area contributed by atoms with E-state index in [1.165, 1.54) is 23.1 Å². The van der Waals surface area contributed by atoms with Crippen LogP contribution in [0.15, 0.2) is 35.1 Å². The Balaban J connectivity index is 1.64. The fourth-order valence-electron chi connectivity index (χ4n) is 2.89. The van der Waals surface area contributed by atoms with Gasteiger partial charge >= 0.3 is 0 Å². The Morgan fingerprint density at radius 1 is 1.30 bits per heavy atom. The molecule has 3 rings (SSSR count). The van der Waals surface area contributed by atoms with Crippen LogP contribution in [-0.4, -0.2) is 33.1 Å². The molecule has 0 bridgehead atoms. The molecule has 0 aliphatic carbocycles. The summed E-state index contributed by atoms with van der Waals surface area (Å²) in [7, 11) is 1.82. The van der Waals surface area contributed by atoms with Crippen LogP contribution in [0.2, 0.25) is 0 Å². The lowest BCUT2D eigenvalue weighted by molar-refractivity contribution is -0.129. The van der Waals surface area contributed by atoms with Crippen LogP contribution in [-0.2, 0) is 17.1 Å². The van der Waals surface area contributed by atoms with Crippen LogP contribution in [0.5, 0.6) is 0 Å². The monoisotopic (exact) mass is 401 g/mol. The third-order valence-corrected chi connectivity index (χ3v) is 6.79. The van der Waals surface area contributed by atoms with E-state index in [2.05, 4.69) is 9.97 Å². The topological polar surface area (TPSA) is 66.1 Å². The number of hydrogen-bond acceptors (Lipinski definition) is 5. The van der Waals surface area contributed by atoms with Crippen molar-refractivity contribution in [1.29, 1.82) is 0 Å². The number of carbonyl (C=O) groups is 1. The van der Waals surface area contributed by atoms with Gasteiger partial charge in [-0.2, -0.15) is 0 Å². The quantitative estimate of drug-likeness (QED) is 0.681. The molecule has 2 aromatic heterocycles. The van der Waals surface area contributed by atoms with Crippen LogP contribution >= 0.6 is 23.1 Å². The largest absolute Gasteiger partial charge is 0.340 e. The molecule has 1 N–H and O–H groups in total. The van der Waals surface area contributed by atoms with Gasteiger partial charge in [0.2, 0.25) is 5.91 Å². The fraction of sp³-hybridized carbons (Fsp3) is 0.350. The maximum atomic E-state index is 12.6. The number of aromatic amines is 1. The molecule has 1 aromatic carbocycles. The Morgan fingerprint density at radius 2 is 2.00 bits per heavy atom. The summed E-state index contributed by atoms with van der Waals surface area (Å²) in [4.78, 5) is 36.0. The molecule has 27 heavy (non-hydrogen) atoms. The Labute approximate surface area is 166 Å². The molecule has 1 amide bonds. The highest BCUT2D eigenvalue weighted by molar-refractivity contribution is 7.99. The van der Waals surface area contributed by atoms with E-state index in [9.17, 15) is 9.59 Å². The number of H-pyrrole nitrogens is 1. The lowest BCUT2D eigenvalue weighted by atomic mass is 10.2. The van der Waals surface area contributed by atoms with E-state index >= 15 is 0 Å². The number of carbonyl (C=O) groups excluding carboxylic acids is 1. The number of aromatic nitrogens is 2. The van der Waals surface area contributed by atoms with Gasteiger partial charge in [-0.15, -0.1) is 23.1 Å². The van der Waals surface area contributed by atoms with Crippen molar-refractivity contribution >= 4 is 39.2 Å². The molecule has 7 heteroatoms. The van der Waals surface area contributed by atoms with E-state index in [4.69, 9.17) is 0 Å². The molecule has 0 saturated carbocycles. The second-order valence-electron chi connectivity index (χ2n) is 6.61. The van der Waals surface area contributed by atoms with Crippen molar-refractivity contribution in [3.05, 3.63) is 62.5 Å². The minimum atomic E-state index is -0.216. The zero-order valence-electron chi connectivity index (χ0n) is 15.9. The Bertz CT molecular complexity index is 1010. The molecule has 1 unspecified atom stereocenters. The van der Waals surface area contributed by atoms with Crippen molar-refractivity contribution in [2.75, 3.05) is 7.05 Å². The van der Waals surface area contributed by atoms with Crippen LogP contribution < -0.4 is 5.56 Å². The summed E-state index contributed by atoms with van der Waals surface area (Å²) < 4.78 is 0. The second kappa shape index (κ2) is 8.27. The van der Waals surface area contributed by atoms with Crippen molar-refractivity contribution < 1.29 is 4.79 Å². The van der Waals surface area contributed by atoms with Gasteiger partial charge in [-0.3, -0.25) is 9.59 Å². The van der Waals surface area contributed by atoms with E-state index in [1.54, 1.807) is 4.90 Å². The Morgan fingerprint density at radius 3 is 2.70 bits per heavy atom. The van der Waals surface area contributed by atoms with Gasteiger partial charge < -0.3 is 9.88 Å². The summed E-state index contributed by atoms with van der Waals surface area (Å²) in [5, 5.41) is 0.462. The van der Waals surface area contributed by atoms with Gasteiger partial charge in [0.15, 0.2) is 0 Å². The van der Waals surface area contributed by atoms with Gasteiger partial charge in [0.25, 0.3) is 5.56 Å². The lowest BCUT2D eigenvalue weighted by Gasteiger charge is -2.21. The van der Waals surface area contributed by atoms with Crippen molar-refractivity contribution in [2.45, 2.75) is 38.3 Å². The predicted molar refractivity (Wildman–Crippen MR) is 113 cm³/mol. The maximum Gasteiger partial charge on any atom is 0.259 e. The normalized spacial score (nSPS) is 12.3. The molecule has 1 atom stereocenters. The number of benzene rings is 1. The average molecular weight is 402 g/mol. The number of rotatable bonds is 6. The number of hydrogen-bond donors (Lipinski definition) is 1. The first-order valence-corrected chi connectivity index (χ1v) is 10.6. The molecular formula is C20H23N3O2S2. The molecule has 142 valence electrons. The number of nitrogens with one attached hydrogen (secondary N) is 1. The third-order valence-electron chi connectivity index (χ3n) is 4.54. The highest BCUT2D eigenvalue weighted by Crippen LogP contribution is 2.26.